The van der Waals surface area contributed by atoms with Gasteiger partial charge in [0, 0.05) is 43.8 Å². The molecule has 2 aliphatic rings. The average molecular weight is 390 g/mol. The molecule has 156 valence electrons. The maximum Gasteiger partial charge on any atom is 0.317 e. The van der Waals surface area contributed by atoms with Crippen LogP contribution in [0.15, 0.2) is 6.07 Å². The van der Waals surface area contributed by atoms with E-state index in [9.17, 15) is 9.59 Å². The van der Waals surface area contributed by atoms with Crippen LogP contribution in [0.2, 0.25) is 0 Å². The number of carbonyl (C=O) groups is 2. The topological polar surface area (TPSA) is 79.3 Å². The first-order valence-electron chi connectivity index (χ1n) is 10.9. The molecule has 0 radical (unpaired) electrons. The normalized spacial score (nSPS) is 18.9. The number of nitrogens with zero attached hydrogens (tertiary/aromatic N) is 3. The standard InChI is InChI=1S/C21H35N5O2/c1-16-15-17(2)26(24-16)12-6-11-22-21(28)25-13-9-19(10-14-25)23-20(27)18-7-4-3-5-8-18/h15,18-19H,3-14H2,1-2H3,(H,22,28)(H,23,27). The van der Waals surface area contributed by atoms with E-state index in [0.29, 0.717) is 19.6 Å². The van der Waals surface area contributed by atoms with Crippen LogP contribution in [0.25, 0.3) is 0 Å². The van der Waals surface area contributed by atoms with Crippen molar-refractivity contribution in [1.82, 2.24) is 25.3 Å². The van der Waals surface area contributed by atoms with E-state index in [4.69, 9.17) is 0 Å². The Labute approximate surface area is 168 Å². The molecular formula is C21H35N5O2. The molecule has 0 bridgehead atoms. The van der Waals surface area contributed by atoms with Gasteiger partial charge in [0.05, 0.1) is 5.69 Å². The van der Waals surface area contributed by atoms with E-state index < -0.39 is 0 Å². The van der Waals surface area contributed by atoms with Gasteiger partial charge in [-0.1, -0.05) is 19.3 Å². The largest absolute Gasteiger partial charge is 0.353 e. The van der Waals surface area contributed by atoms with Gasteiger partial charge in [0.15, 0.2) is 0 Å². The van der Waals surface area contributed by atoms with Crippen LogP contribution in [0.4, 0.5) is 4.79 Å². The molecule has 3 rings (SSSR count). The van der Waals surface area contributed by atoms with Crippen LogP contribution in [-0.2, 0) is 11.3 Å². The fraction of sp³-hybridized carbons (Fsp3) is 0.762. The van der Waals surface area contributed by atoms with Crippen LogP contribution in [0.1, 0.15) is 62.8 Å². The molecule has 0 atom stereocenters. The van der Waals surface area contributed by atoms with Crippen molar-refractivity contribution < 1.29 is 9.59 Å². The lowest BCUT2D eigenvalue weighted by atomic mass is 9.88. The molecule has 1 saturated heterocycles. The summed E-state index contributed by atoms with van der Waals surface area (Å²) >= 11 is 0. The highest BCUT2D eigenvalue weighted by atomic mass is 16.2. The van der Waals surface area contributed by atoms with Crippen LogP contribution < -0.4 is 10.6 Å². The molecule has 1 aromatic rings. The second-order valence-electron chi connectivity index (χ2n) is 8.34. The van der Waals surface area contributed by atoms with Crippen molar-refractivity contribution in [3.63, 3.8) is 0 Å². The lowest BCUT2D eigenvalue weighted by molar-refractivity contribution is -0.126. The van der Waals surface area contributed by atoms with Crippen molar-refractivity contribution >= 4 is 11.9 Å². The summed E-state index contributed by atoms with van der Waals surface area (Å²) in [7, 11) is 0. The molecule has 2 heterocycles. The molecule has 1 aromatic heterocycles. The Bertz CT molecular complexity index is 658. The Morgan fingerprint density at radius 1 is 1.11 bits per heavy atom. The summed E-state index contributed by atoms with van der Waals surface area (Å²) in [5.41, 5.74) is 2.18. The van der Waals surface area contributed by atoms with Crippen LogP contribution >= 0.6 is 0 Å². The molecule has 28 heavy (non-hydrogen) atoms. The van der Waals surface area contributed by atoms with Gasteiger partial charge in [-0.25, -0.2) is 4.79 Å². The first kappa shape index (κ1) is 20.7. The zero-order valence-corrected chi connectivity index (χ0v) is 17.4. The summed E-state index contributed by atoms with van der Waals surface area (Å²) < 4.78 is 1.99. The minimum absolute atomic E-state index is 0.00502. The van der Waals surface area contributed by atoms with Gasteiger partial charge in [0.25, 0.3) is 0 Å². The van der Waals surface area contributed by atoms with E-state index in [2.05, 4.69) is 28.7 Å². The maximum absolute atomic E-state index is 12.4. The number of amides is 3. The Hall–Kier alpha value is -2.05. The second-order valence-corrected chi connectivity index (χ2v) is 8.34. The fourth-order valence-electron chi connectivity index (χ4n) is 4.35. The molecule has 0 spiro atoms. The molecule has 2 fully saturated rings. The molecule has 7 heteroatoms. The molecular weight excluding hydrogens is 354 g/mol. The van der Waals surface area contributed by atoms with Gasteiger partial charge in [-0.05, 0) is 52.0 Å². The third-order valence-electron chi connectivity index (χ3n) is 6.03. The number of nitrogens with one attached hydrogen (secondary N) is 2. The van der Waals surface area contributed by atoms with Gasteiger partial charge in [0.2, 0.25) is 5.91 Å². The molecule has 0 aromatic carbocycles. The summed E-state index contributed by atoms with van der Waals surface area (Å²) in [6.07, 6.45) is 8.23. The highest BCUT2D eigenvalue weighted by Crippen LogP contribution is 2.24. The molecule has 7 nitrogen and oxygen atoms in total. The van der Waals surface area contributed by atoms with Gasteiger partial charge in [-0.15, -0.1) is 0 Å². The van der Waals surface area contributed by atoms with Gasteiger partial charge in [0.1, 0.15) is 0 Å². The molecule has 1 aliphatic carbocycles. The van der Waals surface area contributed by atoms with E-state index in [-0.39, 0.29) is 23.9 Å². The molecule has 2 N–H and O–H groups in total. The summed E-state index contributed by atoms with van der Waals surface area (Å²) in [4.78, 5) is 26.6. The Morgan fingerprint density at radius 3 is 2.46 bits per heavy atom. The molecule has 1 aliphatic heterocycles. The van der Waals surface area contributed by atoms with Crippen molar-refractivity contribution in [3.8, 4) is 0 Å². The van der Waals surface area contributed by atoms with Crippen LogP contribution in [0, 0.1) is 19.8 Å². The molecule has 3 amide bonds. The summed E-state index contributed by atoms with van der Waals surface area (Å²) in [6.45, 7) is 6.92. The number of rotatable bonds is 6. The highest BCUT2D eigenvalue weighted by Gasteiger charge is 2.27. The third-order valence-corrected chi connectivity index (χ3v) is 6.03. The number of urea groups is 1. The van der Waals surface area contributed by atoms with E-state index >= 15 is 0 Å². The third kappa shape index (κ3) is 5.72. The van der Waals surface area contributed by atoms with E-state index in [1.54, 1.807) is 0 Å². The average Bonchev–Trinajstić information content (AvgIpc) is 3.03. The number of carbonyl (C=O) groups excluding carboxylic acids is 2. The number of aromatic nitrogens is 2. The maximum atomic E-state index is 12.4. The van der Waals surface area contributed by atoms with Crippen LogP contribution in [0.3, 0.4) is 0 Å². The van der Waals surface area contributed by atoms with Crippen molar-refractivity contribution in [2.45, 2.75) is 77.8 Å². The lowest BCUT2D eigenvalue weighted by Gasteiger charge is -2.33. The van der Waals surface area contributed by atoms with Crippen LogP contribution in [-0.4, -0.2) is 52.3 Å². The Kier molecular flexibility index (Phi) is 7.34. The van der Waals surface area contributed by atoms with E-state index in [0.717, 1.165) is 50.0 Å². The number of aryl methyl sites for hydroxylation is 3. The number of piperidine rings is 1. The van der Waals surface area contributed by atoms with Crippen molar-refractivity contribution in [2.75, 3.05) is 19.6 Å². The first-order chi connectivity index (χ1) is 13.5. The number of hydrogen-bond donors (Lipinski definition) is 2. The summed E-state index contributed by atoms with van der Waals surface area (Å²) in [5.74, 6) is 0.434. The lowest BCUT2D eigenvalue weighted by Crippen LogP contribution is -2.50. The zero-order chi connectivity index (χ0) is 19.9. The fourth-order valence-corrected chi connectivity index (χ4v) is 4.35. The van der Waals surface area contributed by atoms with Gasteiger partial charge >= 0.3 is 6.03 Å². The van der Waals surface area contributed by atoms with Crippen molar-refractivity contribution in [1.29, 1.82) is 0 Å². The first-order valence-corrected chi connectivity index (χ1v) is 10.9. The zero-order valence-electron chi connectivity index (χ0n) is 17.4. The minimum atomic E-state index is 0.00502. The van der Waals surface area contributed by atoms with Crippen LogP contribution in [0.5, 0.6) is 0 Å². The molecule has 1 saturated carbocycles. The van der Waals surface area contributed by atoms with Crippen molar-refractivity contribution in [3.05, 3.63) is 17.5 Å². The minimum Gasteiger partial charge on any atom is -0.353 e. The summed E-state index contributed by atoms with van der Waals surface area (Å²) in [6, 6.07) is 2.28. The predicted molar refractivity (Wildman–Crippen MR) is 109 cm³/mol. The monoisotopic (exact) mass is 389 g/mol. The van der Waals surface area contributed by atoms with Gasteiger partial charge in [-0.2, -0.15) is 5.10 Å². The predicted octanol–water partition coefficient (Wildman–Crippen LogP) is 2.76. The van der Waals surface area contributed by atoms with Crippen molar-refractivity contribution in [2.24, 2.45) is 5.92 Å². The quantitative estimate of drug-likeness (QED) is 0.734. The SMILES string of the molecule is Cc1cc(C)n(CCCNC(=O)N2CCC(NC(=O)C3CCCCC3)CC2)n1. The highest BCUT2D eigenvalue weighted by molar-refractivity contribution is 5.79. The number of hydrogen-bond acceptors (Lipinski definition) is 3. The second kappa shape index (κ2) is 9.94. The number of likely N-dealkylation sites (tertiary alicyclic amines) is 1. The smallest absolute Gasteiger partial charge is 0.317 e. The van der Waals surface area contributed by atoms with E-state index in [1.165, 1.54) is 19.3 Å². The molecule has 0 unspecified atom stereocenters. The van der Waals surface area contributed by atoms with E-state index in [1.807, 2.05) is 16.5 Å². The summed E-state index contributed by atoms with van der Waals surface area (Å²) in [5, 5.41) is 10.7. The van der Waals surface area contributed by atoms with Gasteiger partial charge in [-0.3, -0.25) is 9.48 Å². The Balaban J connectivity index is 1.31. The van der Waals surface area contributed by atoms with Gasteiger partial charge < -0.3 is 15.5 Å². The Morgan fingerprint density at radius 2 is 1.82 bits per heavy atom.